The number of rotatable bonds is 2. The van der Waals surface area contributed by atoms with Gasteiger partial charge in [0.25, 0.3) is 0 Å². The minimum Gasteiger partial charge on any atom is -0.463 e. The number of hydrogen-bond acceptors (Lipinski definition) is 6. The highest BCUT2D eigenvalue weighted by molar-refractivity contribution is 5.84. The van der Waals surface area contributed by atoms with Crippen LogP contribution in [0.15, 0.2) is 12.2 Å². The number of carbonyl (C=O) groups excluding carboxylic acids is 2. The third kappa shape index (κ3) is 2.24. The van der Waals surface area contributed by atoms with Gasteiger partial charge in [0, 0.05) is 24.3 Å². The van der Waals surface area contributed by atoms with Gasteiger partial charge < -0.3 is 18.9 Å². The summed E-state index contributed by atoms with van der Waals surface area (Å²) in [4.78, 5) is 23.2. The second-order valence-electron chi connectivity index (χ2n) is 12.2. The lowest BCUT2D eigenvalue weighted by Gasteiger charge is -2.61. The van der Waals surface area contributed by atoms with E-state index >= 15 is 0 Å². The Morgan fingerprint density at radius 1 is 1.06 bits per heavy atom. The van der Waals surface area contributed by atoms with E-state index in [0.717, 1.165) is 32.1 Å². The van der Waals surface area contributed by atoms with E-state index in [-0.39, 0.29) is 29.1 Å². The number of esters is 2. The van der Waals surface area contributed by atoms with Crippen LogP contribution in [0, 0.1) is 34.5 Å². The Morgan fingerprint density at radius 2 is 1.91 bits per heavy atom. The molecule has 0 aromatic heterocycles. The molecule has 0 amide bonds. The van der Waals surface area contributed by atoms with E-state index in [1.165, 1.54) is 26.2 Å². The SMILES string of the molecule is CC(=O)O[C@H]1CC[C@@]2(C)[C@H](CC[C@@H]3[C@@H]2CC[C@]2(C)[C@@H]([C@]45C=CC(=O)O[C@H]4O5)C[C@H]4O[C@]342)C1. The van der Waals surface area contributed by atoms with Crippen molar-refractivity contribution in [2.24, 2.45) is 34.5 Å². The summed E-state index contributed by atoms with van der Waals surface area (Å²) in [5.41, 5.74) is -0.106. The fourth-order valence-electron chi connectivity index (χ4n) is 9.76. The van der Waals surface area contributed by atoms with Crippen molar-refractivity contribution in [1.82, 2.24) is 0 Å². The molecule has 4 saturated carbocycles. The molecule has 0 radical (unpaired) electrons. The van der Waals surface area contributed by atoms with Crippen LogP contribution < -0.4 is 0 Å². The number of ether oxygens (including phenoxy) is 4. The van der Waals surface area contributed by atoms with E-state index in [2.05, 4.69) is 13.8 Å². The van der Waals surface area contributed by atoms with Crippen molar-refractivity contribution in [2.45, 2.75) is 102 Å². The Bertz CT molecular complexity index is 929. The summed E-state index contributed by atoms with van der Waals surface area (Å²) in [6.45, 7) is 6.48. The fraction of sp³-hybridized carbons (Fsp3) is 0.846. The summed E-state index contributed by atoms with van der Waals surface area (Å²) in [6.07, 6.45) is 12.5. The summed E-state index contributed by atoms with van der Waals surface area (Å²) < 4.78 is 23.8. The van der Waals surface area contributed by atoms with Gasteiger partial charge in [-0.1, -0.05) is 13.8 Å². The summed E-state index contributed by atoms with van der Waals surface area (Å²) in [7, 11) is 0. The molecular formula is C26H34O6. The van der Waals surface area contributed by atoms with Gasteiger partial charge >= 0.3 is 11.9 Å². The molecule has 4 aliphatic carbocycles. The predicted octanol–water partition coefficient (Wildman–Crippen LogP) is 3.92. The molecule has 6 heteroatoms. The van der Waals surface area contributed by atoms with Gasteiger partial charge in [0.15, 0.2) is 5.60 Å². The van der Waals surface area contributed by atoms with Crippen molar-refractivity contribution in [1.29, 1.82) is 0 Å². The molecular weight excluding hydrogens is 408 g/mol. The molecule has 0 aromatic rings. The summed E-state index contributed by atoms with van der Waals surface area (Å²) in [5.74, 6) is 1.80. The summed E-state index contributed by atoms with van der Waals surface area (Å²) in [6, 6.07) is 0. The third-order valence-electron chi connectivity index (χ3n) is 11.2. The average molecular weight is 443 g/mol. The van der Waals surface area contributed by atoms with Gasteiger partial charge in [-0.3, -0.25) is 4.79 Å². The second-order valence-corrected chi connectivity index (χ2v) is 12.2. The lowest BCUT2D eigenvalue weighted by molar-refractivity contribution is -0.166. The maximum Gasteiger partial charge on any atom is 0.332 e. The van der Waals surface area contributed by atoms with Crippen LogP contribution in [0.1, 0.15) is 72.1 Å². The molecule has 0 N–H and O–H groups in total. The molecule has 3 heterocycles. The summed E-state index contributed by atoms with van der Waals surface area (Å²) in [5, 5.41) is 0. The molecule has 32 heavy (non-hydrogen) atoms. The number of epoxide rings is 2. The van der Waals surface area contributed by atoms with Crippen LogP contribution in [0.2, 0.25) is 0 Å². The van der Waals surface area contributed by atoms with E-state index in [1.807, 2.05) is 6.08 Å². The standard InChI is InChI=1S/C26H34O6/c1-14(27)29-16-6-9-23(2)15(12-16)4-5-18-17(23)7-10-24(3)19(13-20-26(18,24)31-20)25-11-8-21(28)30-22(25)32-25/h8,11,15-20,22H,4-7,9-10,12-13H2,1-3H3/t15-,16+,17+,18-,19+,20-,22+,23+,24-,25-,26-/m1/s1. The van der Waals surface area contributed by atoms with Crippen molar-refractivity contribution in [3.05, 3.63) is 12.2 Å². The maximum absolute atomic E-state index is 11.7. The van der Waals surface area contributed by atoms with Gasteiger partial charge in [0.1, 0.15) is 11.7 Å². The predicted molar refractivity (Wildman–Crippen MR) is 113 cm³/mol. The van der Waals surface area contributed by atoms with Crippen LogP contribution in [0.3, 0.4) is 0 Å². The van der Waals surface area contributed by atoms with E-state index in [1.54, 1.807) is 6.08 Å². The Morgan fingerprint density at radius 3 is 2.69 bits per heavy atom. The highest BCUT2D eigenvalue weighted by atomic mass is 16.8. The molecule has 6 fully saturated rings. The van der Waals surface area contributed by atoms with Crippen LogP contribution in [0.4, 0.5) is 0 Å². The molecule has 7 aliphatic rings. The highest BCUT2D eigenvalue weighted by Crippen LogP contribution is 2.79. The number of fused-ring (bicyclic) bond motifs is 4. The monoisotopic (exact) mass is 442 g/mol. The Labute approximate surface area is 189 Å². The molecule has 6 nitrogen and oxygen atoms in total. The quantitative estimate of drug-likeness (QED) is 0.477. The van der Waals surface area contributed by atoms with Crippen LogP contribution in [0.5, 0.6) is 0 Å². The minimum atomic E-state index is -0.428. The van der Waals surface area contributed by atoms with Crippen LogP contribution in [-0.4, -0.2) is 41.6 Å². The van der Waals surface area contributed by atoms with Crippen molar-refractivity contribution in [3.8, 4) is 0 Å². The molecule has 7 rings (SSSR count). The largest absolute Gasteiger partial charge is 0.463 e. The molecule has 0 bridgehead atoms. The molecule has 0 aromatic carbocycles. The topological polar surface area (TPSA) is 77.7 Å². The van der Waals surface area contributed by atoms with Crippen LogP contribution in [0.25, 0.3) is 0 Å². The van der Waals surface area contributed by atoms with Crippen molar-refractivity contribution in [2.75, 3.05) is 0 Å². The van der Waals surface area contributed by atoms with E-state index in [4.69, 9.17) is 18.9 Å². The summed E-state index contributed by atoms with van der Waals surface area (Å²) >= 11 is 0. The zero-order valence-corrected chi connectivity index (χ0v) is 19.3. The maximum atomic E-state index is 11.7. The molecule has 0 unspecified atom stereocenters. The van der Waals surface area contributed by atoms with Crippen molar-refractivity contribution >= 4 is 11.9 Å². The normalized spacial score (nSPS) is 59.0. The first kappa shape index (κ1) is 20.0. The first-order chi connectivity index (χ1) is 15.2. The number of carbonyl (C=O) groups is 2. The second kappa shape index (κ2) is 5.99. The van der Waals surface area contributed by atoms with Gasteiger partial charge in [-0.15, -0.1) is 0 Å². The molecule has 11 atom stereocenters. The van der Waals surface area contributed by atoms with Gasteiger partial charge in [0.05, 0.1) is 6.10 Å². The van der Waals surface area contributed by atoms with Crippen molar-refractivity contribution in [3.63, 3.8) is 0 Å². The first-order valence-electron chi connectivity index (χ1n) is 12.7. The van der Waals surface area contributed by atoms with Gasteiger partial charge in [-0.25, -0.2) is 4.79 Å². The van der Waals surface area contributed by atoms with Crippen LogP contribution in [-0.2, 0) is 28.5 Å². The molecule has 2 saturated heterocycles. The Kier molecular flexibility index (Phi) is 3.74. The first-order valence-corrected chi connectivity index (χ1v) is 12.7. The number of hydrogen-bond donors (Lipinski definition) is 0. The van der Waals surface area contributed by atoms with E-state index in [9.17, 15) is 9.59 Å². The van der Waals surface area contributed by atoms with Crippen LogP contribution >= 0.6 is 0 Å². The van der Waals surface area contributed by atoms with Gasteiger partial charge in [0.2, 0.25) is 6.29 Å². The third-order valence-corrected chi connectivity index (χ3v) is 11.2. The zero-order chi connectivity index (χ0) is 22.1. The lowest BCUT2D eigenvalue weighted by atomic mass is 9.43. The van der Waals surface area contributed by atoms with Gasteiger partial charge in [-0.05, 0) is 80.6 Å². The van der Waals surface area contributed by atoms with E-state index in [0.29, 0.717) is 35.2 Å². The fourth-order valence-corrected chi connectivity index (χ4v) is 9.76. The van der Waals surface area contributed by atoms with Crippen molar-refractivity contribution < 1.29 is 28.5 Å². The Hall–Kier alpha value is -1.40. The zero-order valence-electron chi connectivity index (χ0n) is 19.3. The van der Waals surface area contributed by atoms with Gasteiger partial charge in [-0.2, -0.15) is 0 Å². The molecule has 174 valence electrons. The molecule has 3 aliphatic heterocycles. The Balaban J connectivity index is 1.17. The average Bonchev–Trinajstić information content (AvgIpc) is 3.62. The van der Waals surface area contributed by atoms with E-state index < -0.39 is 11.9 Å². The molecule has 1 spiro atoms. The lowest BCUT2D eigenvalue weighted by Crippen LogP contribution is -2.59. The minimum absolute atomic E-state index is 0.0398. The smallest absolute Gasteiger partial charge is 0.332 e. The highest BCUT2D eigenvalue weighted by Gasteiger charge is 2.85.